The predicted molar refractivity (Wildman–Crippen MR) is 65.0 cm³/mol. The van der Waals surface area contributed by atoms with Crippen molar-refractivity contribution >= 4 is 45.1 Å². The summed E-state index contributed by atoms with van der Waals surface area (Å²) >= 11 is 11.1. The molecule has 0 aliphatic carbocycles. The molecule has 104 valence electrons. The summed E-state index contributed by atoms with van der Waals surface area (Å²) in [5, 5.41) is 1.92. The van der Waals surface area contributed by atoms with Crippen molar-refractivity contribution in [2.45, 2.75) is 9.73 Å². The van der Waals surface area contributed by atoms with Gasteiger partial charge in [0.1, 0.15) is 9.73 Å². The van der Waals surface area contributed by atoms with Gasteiger partial charge in [0.05, 0.1) is 11.1 Å². The van der Waals surface area contributed by atoms with E-state index in [-0.39, 0.29) is 15.8 Å². The third-order valence-corrected chi connectivity index (χ3v) is 3.81. The Morgan fingerprint density at radius 1 is 1.16 bits per heavy atom. The third kappa shape index (κ3) is 2.57. The lowest BCUT2D eigenvalue weighted by atomic mass is 10.1. The highest BCUT2D eigenvalue weighted by molar-refractivity contribution is 7.86. The standard InChI is InChI=1S/C9H5Cl2NO5S.FH/c10-7(11)4-2-1-3-5(6(4)18(15,16)17)9(14)12-8(3)13;/h1-2,7H,(H,12,13,14)(H,15,16,17);1H. The van der Waals surface area contributed by atoms with Crippen molar-refractivity contribution in [1.82, 2.24) is 5.32 Å². The lowest BCUT2D eigenvalue weighted by Crippen LogP contribution is -2.20. The quantitative estimate of drug-likeness (QED) is 0.486. The summed E-state index contributed by atoms with van der Waals surface area (Å²) in [7, 11) is -4.74. The number of rotatable bonds is 2. The molecule has 2 rings (SSSR count). The van der Waals surface area contributed by atoms with Crippen LogP contribution in [0.25, 0.3) is 0 Å². The SMILES string of the molecule is F.O=C1NC(=O)c2c1ccc(C(Cl)Cl)c2S(=O)(=O)O. The molecule has 0 aromatic heterocycles. The fourth-order valence-electron chi connectivity index (χ4n) is 1.70. The van der Waals surface area contributed by atoms with Gasteiger partial charge in [-0.2, -0.15) is 8.42 Å². The molecule has 0 saturated heterocycles. The van der Waals surface area contributed by atoms with E-state index in [4.69, 9.17) is 27.8 Å². The minimum Gasteiger partial charge on any atom is -0.288 e. The van der Waals surface area contributed by atoms with E-state index in [1.165, 1.54) is 12.1 Å². The van der Waals surface area contributed by atoms with Gasteiger partial charge >= 0.3 is 0 Å². The number of benzene rings is 1. The average Bonchev–Trinajstić information content (AvgIpc) is 2.52. The second-order valence-corrected chi connectivity index (χ2v) is 5.92. The summed E-state index contributed by atoms with van der Waals surface area (Å²) in [4.78, 5) is 20.9. The van der Waals surface area contributed by atoms with Crippen molar-refractivity contribution in [2.24, 2.45) is 0 Å². The Bertz CT molecular complexity index is 673. The zero-order chi connectivity index (χ0) is 13.7. The van der Waals surface area contributed by atoms with Crippen molar-refractivity contribution in [2.75, 3.05) is 0 Å². The molecule has 2 amide bonds. The summed E-state index contributed by atoms with van der Waals surface area (Å²) in [5.74, 6) is -1.66. The van der Waals surface area contributed by atoms with Crippen LogP contribution in [0.4, 0.5) is 4.70 Å². The normalized spacial score (nSPS) is 14.1. The first-order valence-corrected chi connectivity index (χ1v) is 6.83. The molecule has 0 spiro atoms. The van der Waals surface area contributed by atoms with Gasteiger partial charge < -0.3 is 0 Å². The zero-order valence-corrected chi connectivity index (χ0v) is 11.2. The number of halogens is 3. The van der Waals surface area contributed by atoms with Crippen LogP contribution in [-0.4, -0.2) is 24.8 Å². The Morgan fingerprint density at radius 3 is 2.21 bits per heavy atom. The molecule has 19 heavy (non-hydrogen) atoms. The van der Waals surface area contributed by atoms with E-state index in [0.717, 1.165) is 0 Å². The molecule has 0 unspecified atom stereocenters. The lowest BCUT2D eigenvalue weighted by Gasteiger charge is -2.10. The van der Waals surface area contributed by atoms with E-state index in [0.29, 0.717) is 0 Å². The third-order valence-electron chi connectivity index (χ3n) is 2.38. The van der Waals surface area contributed by atoms with Crippen LogP contribution in [0.2, 0.25) is 0 Å². The number of alkyl halides is 2. The monoisotopic (exact) mass is 329 g/mol. The summed E-state index contributed by atoms with van der Waals surface area (Å²) in [5.41, 5.74) is -0.749. The molecule has 2 N–H and O–H groups in total. The van der Waals surface area contributed by atoms with Crippen molar-refractivity contribution in [3.63, 3.8) is 0 Å². The maximum atomic E-state index is 11.5. The summed E-state index contributed by atoms with van der Waals surface area (Å²) in [6.45, 7) is 0. The number of fused-ring (bicyclic) bond motifs is 1. The maximum absolute atomic E-state index is 11.5. The minimum atomic E-state index is -4.74. The van der Waals surface area contributed by atoms with Crippen LogP contribution in [0, 0.1) is 0 Å². The van der Waals surface area contributed by atoms with Crippen LogP contribution in [0.3, 0.4) is 0 Å². The summed E-state index contributed by atoms with van der Waals surface area (Å²) in [6.07, 6.45) is 0. The summed E-state index contributed by atoms with van der Waals surface area (Å²) < 4.78 is 31.8. The summed E-state index contributed by atoms with van der Waals surface area (Å²) in [6, 6.07) is 2.39. The van der Waals surface area contributed by atoms with Gasteiger partial charge in [-0.3, -0.25) is 24.2 Å². The van der Waals surface area contributed by atoms with E-state index < -0.39 is 37.2 Å². The van der Waals surface area contributed by atoms with Crippen LogP contribution >= 0.6 is 23.2 Å². The maximum Gasteiger partial charge on any atom is 0.295 e. The molecule has 0 bridgehead atoms. The number of amides is 2. The molecule has 0 saturated carbocycles. The van der Waals surface area contributed by atoms with Gasteiger partial charge in [-0.15, -0.1) is 23.2 Å². The van der Waals surface area contributed by atoms with Crippen molar-refractivity contribution in [1.29, 1.82) is 0 Å². The van der Waals surface area contributed by atoms with Crippen molar-refractivity contribution in [3.8, 4) is 0 Å². The molecule has 1 aliphatic heterocycles. The van der Waals surface area contributed by atoms with Crippen LogP contribution in [0.15, 0.2) is 17.0 Å². The molecule has 1 heterocycles. The predicted octanol–water partition coefficient (Wildman–Crippen LogP) is 1.45. The van der Waals surface area contributed by atoms with Crippen LogP contribution in [0.1, 0.15) is 31.1 Å². The molecule has 6 nitrogen and oxygen atoms in total. The Balaban J connectivity index is 0.00000180. The van der Waals surface area contributed by atoms with Gasteiger partial charge in [0.2, 0.25) is 0 Å². The molecule has 1 aliphatic rings. The highest BCUT2D eigenvalue weighted by Gasteiger charge is 2.36. The fraction of sp³-hybridized carbons (Fsp3) is 0.111. The van der Waals surface area contributed by atoms with Gasteiger partial charge in [0.25, 0.3) is 21.9 Å². The van der Waals surface area contributed by atoms with Gasteiger partial charge in [0.15, 0.2) is 0 Å². The highest BCUT2D eigenvalue weighted by atomic mass is 35.5. The van der Waals surface area contributed by atoms with Crippen molar-refractivity contribution in [3.05, 3.63) is 28.8 Å². The topological polar surface area (TPSA) is 101 Å². The van der Waals surface area contributed by atoms with Crippen molar-refractivity contribution < 1.29 is 27.3 Å². The smallest absolute Gasteiger partial charge is 0.288 e. The Morgan fingerprint density at radius 2 is 1.74 bits per heavy atom. The highest BCUT2D eigenvalue weighted by Crippen LogP contribution is 2.35. The van der Waals surface area contributed by atoms with E-state index in [9.17, 15) is 18.0 Å². The van der Waals surface area contributed by atoms with Gasteiger partial charge in [0, 0.05) is 5.56 Å². The van der Waals surface area contributed by atoms with E-state index >= 15 is 0 Å². The van der Waals surface area contributed by atoms with Gasteiger partial charge in [-0.1, -0.05) is 6.07 Å². The number of hydrogen-bond donors (Lipinski definition) is 2. The second kappa shape index (κ2) is 5.04. The van der Waals surface area contributed by atoms with E-state index in [1.54, 1.807) is 0 Å². The van der Waals surface area contributed by atoms with Crippen LogP contribution < -0.4 is 5.32 Å². The minimum absolute atomic E-state index is 0. The Kier molecular flexibility index (Phi) is 4.20. The molecular weight excluding hydrogens is 324 g/mol. The van der Waals surface area contributed by atoms with Gasteiger partial charge in [-0.05, 0) is 6.07 Å². The second-order valence-electron chi connectivity index (χ2n) is 3.47. The molecule has 10 heteroatoms. The first kappa shape index (κ1) is 15.8. The molecule has 1 aromatic rings. The zero-order valence-electron chi connectivity index (χ0n) is 8.88. The lowest BCUT2D eigenvalue weighted by molar-refractivity contribution is 0.0878. The molecular formula is C9H6Cl2FNO5S. The van der Waals surface area contributed by atoms with E-state index in [2.05, 4.69) is 0 Å². The number of carbonyl (C=O) groups is 2. The largest absolute Gasteiger partial charge is 0.295 e. The molecule has 0 fully saturated rings. The van der Waals surface area contributed by atoms with Crippen LogP contribution in [0.5, 0.6) is 0 Å². The Hall–Kier alpha value is -1.22. The van der Waals surface area contributed by atoms with Crippen LogP contribution in [-0.2, 0) is 10.1 Å². The first-order chi connectivity index (χ1) is 8.23. The molecule has 1 aromatic carbocycles. The first-order valence-electron chi connectivity index (χ1n) is 4.51. The molecule has 0 atom stereocenters. The van der Waals surface area contributed by atoms with E-state index in [1.807, 2.05) is 5.32 Å². The average molecular weight is 330 g/mol. The number of carbonyl (C=O) groups excluding carboxylic acids is 2. The number of nitrogens with one attached hydrogen (secondary N) is 1. The molecule has 0 radical (unpaired) electrons. The van der Waals surface area contributed by atoms with Gasteiger partial charge in [-0.25, -0.2) is 0 Å². The number of imide groups is 1. The Labute approximate surface area is 116 Å². The fourth-order valence-corrected chi connectivity index (χ4v) is 3.13. The number of hydrogen-bond acceptors (Lipinski definition) is 4.